The first kappa shape index (κ1) is 23.9. The van der Waals surface area contributed by atoms with Crippen molar-refractivity contribution in [2.75, 3.05) is 19.0 Å². The Kier molecular flexibility index (Phi) is 7.29. The molecule has 2 aromatic carbocycles. The van der Waals surface area contributed by atoms with E-state index < -0.39 is 11.9 Å². The van der Waals surface area contributed by atoms with E-state index in [1.54, 1.807) is 27.0 Å². The van der Waals surface area contributed by atoms with Crippen molar-refractivity contribution in [3.8, 4) is 5.75 Å². The van der Waals surface area contributed by atoms with Crippen molar-refractivity contribution < 1.29 is 14.3 Å². The number of aromatic amines is 1. The van der Waals surface area contributed by atoms with Crippen molar-refractivity contribution in [2.24, 2.45) is 0 Å². The maximum atomic E-state index is 13.4. The minimum atomic E-state index is -0.703. The van der Waals surface area contributed by atoms with Gasteiger partial charge in [-0.25, -0.2) is 9.78 Å². The van der Waals surface area contributed by atoms with Crippen molar-refractivity contribution in [1.82, 2.24) is 9.97 Å². The molecule has 0 saturated carbocycles. The summed E-state index contributed by atoms with van der Waals surface area (Å²) in [5, 5.41) is 4.25. The summed E-state index contributed by atoms with van der Waals surface area (Å²) in [5.41, 5.74) is 2.53. The van der Waals surface area contributed by atoms with Gasteiger partial charge < -0.3 is 19.8 Å². The molecule has 0 radical (unpaired) electrons. The Labute approximate surface area is 206 Å². The highest BCUT2D eigenvalue weighted by Crippen LogP contribution is 2.43. The van der Waals surface area contributed by atoms with Gasteiger partial charge in [0.05, 0.1) is 30.8 Å². The second-order valence-corrected chi connectivity index (χ2v) is 8.94. The van der Waals surface area contributed by atoms with E-state index >= 15 is 0 Å². The summed E-state index contributed by atoms with van der Waals surface area (Å²) in [5.74, 6) is 0.301. The van der Waals surface area contributed by atoms with Gasteiger partial charge in [-0.15, -0.1) is 0 Å². The second-order valence-electron chi connectivity index (χ2n) is 7.57. The summed E-state index contributed by atoms with van der Waals surface area (Å²) < 4.78 is 10.9. The normalized spacial score (nSPS) is 14.9. The number of rotatable bonds is 7. The fourth-order valence-corrected chi connectivity index (χ4v) is 5.10. The zero-order chi connectivity index (χ0) is 24.2. The van der Waals surface area contributed by atoms with E-state index in [1.165, 1.54) is 11.8 Å². The number of anilines is 1. The SMILES string of the molecule is CCOC(=O)C1=C(C)Nc2nc(SCc3ccccc3Cl)[nH]c(=O)c2C1c1ccccc1OC. The number of methoxy groups -OCH3 is 1. The standard InChI is InChI=1S/C25H24ClN3O4S/c1-4-33-24(31)19-14(2)27-22-21(20(19)16-10-6-8-12-18(16)32-3)23(30)29-25(28-22)34-13-15-9-5-7-11-17(15)26/h5-12,20H,4,13H2,1-3H3,(H2,27,28,29,30). The number of nitrogens with zero attached hydrogens (tertiary/aromatic N) is 1. The number of ether oxygens (including phenoxy) is 2. The van der Waals surface area contributed by atoms with Crippen molar-refractivity contribution in [3.63, 3.8) is 0 Å². The van der Waals surface area contributed by atoms with Gasteiger partial charge in [0.1, 0.15) is 11.6 Å². The number of para-hydroxylation sites is 1. The molecule has 1 aliphatic rings. The van der Waals surface area contributed by atoms with Crippen molar-refractivity contribution in [3.05, 3.63) is 91.9 Å². The molecule has 0 saturated heterocycles. The Morgan fingerprint density at radius 2 is 1.91 bits per heavy atom. The van der Waals surface area contributed by atoms with Crippen LogP contribution in [0.2, 0.25) is 5.02 Å². The zero-order valence-corrected chi connectivity index (χ0v) is 20.5. The van der Waals surface area contributed by atoms with Crippen molar-refractivity contribution in [1.29, 1.82) is 0 Å². The Morgan fingerprint density at radius 3 is 2.65 bits per heavy atom. The molecule has 3 aromatic rings. The van der Waals surface area contributed by atoms with Gasteiger partial charge in [-0.2, -0.15) is 0 Å². The molecule has 2 heterocycles. The predicted octanol–water partition coefficient (Wildman–Crippen LogP) is 5.12. The Hall–Kier alpha value is -3.23. The number of carbonyl (C=O) groups is 1. The van der Waals surface area contributed by atoms with Crippen LogP contribution < -0.4 is 15.6 Å². The van der Waals surface area contributed by atoms with Crippen LogP contribution in [-0.2, 0) is 15.3 Å². The summed E-state index contributed by atoms with van der Waals surface area (Å²) in [6.45, 7) is 3.73. The Balaban J connectivity index is 1.80. The number of allylic oxidation sites excluding steroid dienone is 1. The van der Waals surface area contributed by atoms with E-state index in [9.17, 15) is 9.59 Å². The van der Waals surface area contributed by atoms with E-state index in [1.807, 2.05) is 42.5 Å². The molecule has 7 nitrogen and oxygen atoms in total. The van der Waals surface area contributed by atoms with E-state index in [0.717, 1.165) is 5.56 Å². The van der Waals surface area contributed by atoms with Crippen LogP contribution in [0.3, 0.4) is 0 Å². The first-order chi connectivity index (χ1) is 16.4. The highest BCUT2D eigenvalue weighted by Gasteiger charge is 2.37. The number of thioether (sulfide) groups is 1. The van der Waals surface area contributed by atoms with Gasteiger partial charge in [-0.05, 0) is 31.5 Å². The number of benzene rings is 2. The van der Waals surface area contributed by atoms with Gasteiger partial charge in [0.25, 0.3) is 5.56 Å². The average molecular weight is 498 g/mol. The number of H-pyrrole nitrogens is 1. The minimum absolute atomic E-state index is 0.216. The number of hydrogen-bond donors (Lipinski definition) is 2. The third-order valence-electron chi connectivity index (χ3n) is 5.49. The molecule has 176 valence electrons. The molecule has 9 heteroatoms. The van der Waals surface area contributed by atoms with E-state index in [2.05, 4.69) is 15.3 Å². The number of esters is 1. The second kappa shape index (κ2) is 10.4. The molecule has 34 heavy (non-hydrogen) atoms. The van der Waals surface area contributed by atoms with Crippen molar-refractivity contribution >= 4 is 35.1 Å². The molecule has 0 bridgehead atoms. The van der Waals surface area contributed by atoms with Crippen LogP contribution in [0.4, 0.5) is 5.82 Å². The number of halogens is 1. The van der Waals surface area contributed by atoms with E-state index in [-0.39, 0.29) is 12.2 Å². The van der Waals surface area contributed by atoms with E-state index in [0.29, 0.717) is 49.9 Å². The van der Waals surface area contributed by atoms with Gasteiger partial charge >= 0.3 is 5.97 Å². The van der Waals surface area contributed by atoms with Gasteiger partial charge in [-0.3, -0.25) is 4.79 Å². The summed E-state index contributed by atoms with van der Waals surface area (Å²) in [7, 11) is 1.55. The zero-order valence-electron chi connectivity index (χ0n) is 19.0. The lowest BCUT2D eigenvalue weighted by atomic mass is 9.82. The van der Waals surface area contributed by atoms with Gasteiger partial charge in [0.15, 0.2) is 5.16 Å². The lowest BCUT2D eigenvalue weighted by Crippen LogP contribution is -2.31. The molecule has 1 aromatic heterocycles. The largest absolute Gasteiger partial charge is 0.496 e. The number of hydrogen-bond acceptors (Lipinski definition) is 7. The van der Waals surface area contributed by atoms with Crippen molar-refractivity contribution in [2.45, 2.75) is 30.7 Å². The molecular formula is C25H24ClN3O4S. The van der Waals surface area contributed by atoms with Crippen LogP contribution in [0.25, 0.3) is 0 Å². The topological polar surface area (TPSA) is 93.3 Å². The van der Waals surface area contributed by atoms with Crippen LogP contribution in [-0.4, -0.2) is 29.7 Å². The van der Waals surface area contributed by atoms with Crippen LogP contribution in [0, 0.1) is 0 Å². The molecule has 1 unspecified atom stereocenters. The highest BCUT2D eigenvalue weighted by molar-refractivity contribution is 7.98. The van der Waals surface area contributed by atoms with Gasteiger partial charge in [0.2, 0.25) is 0 Å². The first-order valence-electron chi connectivity index (χ1n) is 10.7. The van der Waals surface area contributed by atoms with Crippen LogP contribution in [0.15, 0.2) is 69.8 Å². The molecule has 2 N–H and O–H groups in total. The fourth-order valence-electron chi connectivity index (χ4n) is 3.96. The predicted molar refractivity (Wildman–Crippen MR) is 134 cm³/mol. The molecular weight excluding hydrogens is 474 g/mol. The van der Waals surface area contributed by atoms with Crippen LogP contribution >= 0.6 is 23.4 Å². The van der Waals surface area contributed by atoms with Gasteiger partial charge in [0, 0.05) is 22.0 Å². The highest BCUT2D eigenvalue weighted by atomic mass is 35.5. The van der Waals surface area contributed by atoms with Gasteiger partial charge in [-0.1, -0.05) is 59.8 Å². The van der Waals surface area contributed by atoms with Crippen LogP contribution in [0.5, 0.6) is 5.75 Å². The monoisotopic (exact) mass is 497 g/mol. The molecule has 1 atom stereocenters. The molecule has 0 aliphatic carbocycles. The summed E-state index contributed by atoms with van der Waals surface area (Å²) in [6.07, 6.45) is 0. The molecule has 0 fully saturated rings. The third kappa shape index (κ3) is 4.69. The molecule has 4 rings (SSSR count). The number of fused-ring (bicyclic) bond motifs is 1. The molecule has 0 amide bonds. The number of carbonyl (C=O) groups excluding carboxylic acids is 1. The third-order valence-corrected chi connectivity index (χ3v) is 6.78. The summed E-state index contributed by atoms with van der Waals surface area (Å²) in [6, 6.07) is 14.8. The maximum Gasteiger partial charge on any atom is 0.336 e. The Morgan fingerprint density at radius 1 is 1.18 bits per heavy atom. The number of aromatic nitrogens is 2. The average Bonchev–Trinajstić information content (AvgIpc) is 2.82. The smallest absolute Gasteiger partial charge is 0.336 e. The maximum absolute atomic E-state index is 13.4. The fraction of sp³-hybridized carbons (Fsp3) is 0.240. The van der Waals surface area contributed by atoms with Crippen LogP contribution in [0.1, 0.15) is 36.5 Å². The lowest BCUT2D eigenvalue weighted by molar-refractivity contribution is -0.138. The van der Waals surface area contributed by atoms with E-state index in [4.69, 9.17) is 21.1 Å². The molecule has 1 aliphatic heterocycles. The first-order valence-corrected chi connectivity index (χ1v) is 12.1. The molecule has 0 spiro atoms. The quantitative estimate of drug-likeness (QED) is 0.266. The summed E-state index contributed by atoms with van der Waals surface area (Å²) >= 11 is 7.64. The lowest BCUT2D eigenvalue weighted by Gasteiger charge is -2.29. The summed E-state index contributed by atoms with van der Waals surface area (Å²) in [4.78, 5) is 33.9. The minimum Gasteiger partial charge on any atom is -0.496 e. The number of nitrogens with one attached hydrogen (secondary N) is 2. The Bertz CT molecular complexity index is 1320.